The van der Waals surface area contributed by atoms with Crippen LogP contribution in [0.15, 0.2) is 78.3 Å². The Labute approximate surface area is 224 Å². The Morgan fingerprint density at radius 1 is 0.868 bits per heavy atom. The van der Waals surface area contributed by atoms with Crippen molar-refractivity contribution < 1.29 is 14.3 Å². The second-order valence-corrected chi connectivity index (χ2v) is 9.85. The summed E-state index contributed by atoms with van der Waals surface area (Å²) in [5.41, 5.74) is 9.57. The lowest BCUT2D eigenvalue weighted by Gasteiger charge is -2.28. The van der Waals surface area contributed by atoms with E-state index in [9.17, 15) is 9.59 Å². The molecule has 2 amide bonds. The minimum absolute atomic E-state index is 0.142. The molecule has 38 heavy (non-hydrogen) atoms. The van der Waals surface area contributed by atoms with Gasteiger partial charge in [0, 0.05) is 53.8 Å². The summed E-state index contributed by atoms with van der Waals surface area (Å²) in [5, 5.41) is 10.1. The van der Waals surface area contributed by atoms with Crippen LogP contribution in [0.4, 0.5) is 28.4 Å². The fraction of sp³-hybridized carbons (Fsp3) is 0.179. The molecule has 1 saturated heterocycles. The maximum atomic E-state index is 12.9. The predicted octanol–water partition coefficient (Wildman–Crippen LogP) is 4.64. The average molecular weight is 527 g/mol. The molecule has 6 rings (SSSR count). The zero-order chi connectivity index (χ0) is 25.9. The predicted molar refractivity (Wildman–Crippen MR) is 149 cm³/mol. The van der Waals surface area contributed by atoms with Gasteiger partial charge in [0.1, 0.15) is 0 Å². The van der Waals surface area contributed by atoms with E-state index >= 15 is 0 Å². The molecule has 0 spiro atoms. The first kappa shape index (κ1) is 24.1. The summed E-state index contributed by atoms with van der Waals surface area (Å²) < 4.78 is 5.41. The summed E-state index contributed by atoms with van der Waals surface area (Å²) in [5.74, 6) is -0.364. The molecule has 0 aliphatic carbocycles. The summed E-state index contributed by atoms with van der Waals surface area (Å²) >= 11 is 1.30. The number of hydrogen-bond acceptors (Lipinski definition) is 8. The largest absolute Gasteiger partial charge is 0.378 e. The van der Waals surface area contributed by atoms with Crippen molar-refractivity contribution in [2.45, 2.75) is 6.54 Å². The second kappa shape index (κ2) is 10.6. The summed E-state index contributed by atoms with van der Waals surface area (Å²) in [6.45, 7) is 3.81. The van der Waals surface area contributed by atoms with Crippen LogP contribution in [-0.4, -0.2) is 43.1 Å². The molecule has 3 heterocycles. The van der Waals surface area contributed by atoms with E-state index < -0.39 is 0 Å². The van der Waals surface area contributed by atoms with Crippen LogP contribution in [0.25, 0.3) is 0 Å². The Balaban J connectivity index is 1.09. The molecule has 0 unspecified atom stereocenters. The zero-order valence-electron chi connectivity index (χ0n) is 20.5. The topological polar surface area (TPSA) is 98.8 Å². The van der Waals surface area contributed by atoms with E-state index in [-0.39, 0.29) is 11.8 Å². The average Bonchev–Trinajstić information content (AvgIpc) is 3.65. The van der Waals surface area contributed by atoms with Gasteiger partial charge in [-0.3, -0.25) is 14.6 Å². The minimum atomic E-state index is -0.222. The molecule has 2 aliphatic heterocycles. The van der Waals surface area contributed by atoms with Crippen LogP contribution >= 0.6 is 11.3 Å². The number of carbonyl (C=O) groups excluding carboxylic acids is 2. The maximum absolute atomic E-state index is 12.9. The Morgan fingerprint density at radius 2 is 1.58 bits per heavy atom. The molecule has 3 aromatic carbocycles. The fourth-order valence-electron chi connectivity index (χ4n) is 4.57. The van der Waals surface area contributed by atoms with Crippen molar-refractivity contribution >= 4 is 51.6 Å². The highest BCUT2D eigenvalue weighted by atomic mass is 32.1. The number of benzene rings is 3. The first-order chi connectivity index (χ1) is 18.6. The Morgan fingerprint density at radius 3 is 2.32 bits per heavy atom. The van der Waals surface area contributed by atoms with Gasteiger partial charge in [-0.05, 0) is 72.3 Å². The number of thiazole rings is 1. The van der Waals surface area contributed by atoms with Crippen molar-refractivity contribution in [3.8, 4) is 0 Å². The highest BCUT2D eigenvalue weighted by Crippen LogP contribution is 2.34. The van der Waals surface area contributed by atoms with Gasteiger partial charge < -0.3 is 20.3 Å². The molecular formula is C28H26N6O3S. The van der Waals surface area contributed by atoms with Crippen molar-refractivity contribution in [3.05, 3.63) is 94.4 Å². The fourth-order valence-corrected chi connectivity index (χ4v) is 5.10. The van der Waals surface area contributed by atoms with E-state index in [0.29, 0.717) is 22.8 Å². The Bertz CT molecular complexity index is 1430. The van der Waals surface area contributed by atoms with E-state index in [4.69, 9.17) is 4.74 Å². The van der Waals surface area contributed by atoms with E-state index in [1.807, 2.05) is 71.7 Å². The molecule has 0 bridgehead atoms. The van der Waals surface area contributed by atoms with E-state index in [1.54, 1.807) is 11.6 Å². The maximum Gasteiger partial charge on any atom is 0.284 e. The normalized spacial score (nSPS) is 14.7. The molecule has 1 aromatic heterocycles. The minimum Gasteiger partial charge on any atom is -0.378 e. The van der Waals surface area contributed by atoms with Crippen LogP contribution in [0.1, 0.15) is 25.7 Å². The number of amides is 2. The molecule has 9 nitrogen and oxygen atoms in total. The van der Waals surface area contributed by atoms with Crippen molar-refractivity contribution in [3.63, 3.8) is 0 Å². The van der Waals surface area contributed by atoms with Crippen LogP contribution in [0.2, 0.25) is 0 Å². The van der Waals surface area contributed by atoms with Crippen molar-refractivity contribution in [2.75, 3.05) is 46.8 Å². The SMILES string of the molecule is O=C(Nc1ccc2c(c1)CNN2c1ccc(NC(=O)c2nccs2)cc1)c1ccc(N2CCOCC2)cc1. The summed E-state index contributed by atoms with van der Waals surface area (Å²) in [4.78, 5) is 31.4. The summed E-state index contributed by atoms with van der Waals surface area (Å²) in [6, 6.07) is 21.2. The molecular weight excluding hydrogens is 500 g/mol. The van der Waals surface area contributed by atoms with Crippen LogP contribution in [-0.2, 0) is 11.3 Å². The number of rotatable bonds is 6. The number of nitrogens with zero attached hydrogens (tertiary/aromatic N) is 3. The van der Waals surface area contributed by atoms with Crippen LogP contribution in [0, 0.1) is 0 Å². The molecule has 0 radical (unpaired) electrons. The summed E-state index contributed by atoms with van der Waals surface area (Å²) in [7, 11) is 0. The van der Waals surface area contributed by atoms with Crippen LogP contribution in [0.3, 0.4) is 0 Å². The number of carbonyl (C=O) groups is 2. The molecule has 10 heteroatoms. The standard InChI is InChI=1S/C28H26N6O3S/c35-26(19-1-6-23(7-2-19)33-12-14-37-15-13-33)32-22-5-10-25-20(17-22)18-30-34(25)24-8-3-21(4-9-24)31-27(36)28-29-11-16-38-28/h1-11,16-17,30H,12-15,18H2,(H,31,36)(H,32,35). The first-order valence-electron chi connectivity index (χ1n) is 12.4. The lowest BCUT2D eigenvalue weighted by molar-refractivity contribution is 0.101. The lowest BCUT2D eigenvalue weighted by atomic mass is 10.1. The number of aromatic nitrogens is 1. The molecule has 192 valence electrons. The quantitative estimate of drug-likeness (QED) is 0.337. The molecule has 1 fully saturated rings. The smallest absolute Gasteiger partial charge is 0.284 e. The van der Waals surface area contributed by atoms with Gasteiger partial charge in [0.25, 0.3) is 11.8 Å². The third kappa shape index (κ3) is 5.10. The van der Waals surface area contributed by atoms with Crippen molar-refractivity contribution in [1.29, 1.82) is 0 Å². The number of nitrogens with one attached hydrogen (secondary N) is 3. The van der Waals surface area contributed by atoms with E-state index in [1.165, 1.54) is 11.3 Å². The molecule has 4 aromatic rings. The van der Waals surface area contributed by atoms with Gasteiger partial charge in [-0.15, -0.1) is 11.3 Å². The van der Waals surface area contributed by atoms with Gasteiger partial charge in [-0.2, -0.15) is 0 Å². The van der Waals surface area contributed by atoms with Gasteiger partial charge >= 0.3 is 0 Å². The van der Waals surface area contributed by atoms with Gasteiger partial charge in [0.05, 0.1) is 24.6 Å². The Hall–Kier alpha value is -4.25. The second-order valence-electron chi connectivity index (χ2n) is 8.95. The monoisotopic (exact) mass is 526 g/mol. The number of ether oxygens (including phenoxy) is 1. The van der Waals surface area contributed by atoms with E-state index in [2.05, 4.69) is 25.9 Å². The molecule has 0 atom stereocenters. The molecule has 2 aliphatic rings. The number of hydrogen-bond donors (Lipinski definition) is 3. The number of hydrazine groups is 1. The molecule has 0 saturated carbocycles. The van der Waals surface area contributed by atoms with Crippen LogP contribution < -0.4 is 26.0 Å². The molecule has 3 N–H and O–H groups in total. The van der Waals surface area contributed by atoms with Crippen LogP contribution in [0.5, 0.6) is 0 Å². The zero-order valence-corrected chi connectivity index (χ0v) is 21.3. The Kier molecular flexibility index (Phi) is 6.74. The van der Waals surface area contributed by atoms with Gasteiger partial charge in [-0.25, -0.2) is 10.4 Å². The van der Waals surface area contributed by atoms with Gasteiger partial charge in [0.15, 0.2) is 5.01 Å². The third-order valence-electron chi connectivity index (χ3n) is 6.52. The first-order valence-corrected chi connectivity index (χ1v) is 13.2. The number of anilines is 5. The highest BCUT2D eigenvalue weighted by molar-refractivity contribution is 7.11. The van der Waals surface area contributed by atoms with Gasteiger partial charge in [0.2, 0.25) is 0 Å². The lowest BCUT2D eigenvalue weighted by Crippen LogP contribution is -2.36. The highest BCUT2D eigenvalue weighted by Gasteiger charge is 2.21. The third-order valence-corrected chi connectivity index (χ3v) is 7.29. The number of morpholine rings is 1. The number of fused-ring (bicyclic) bond motifs is 1. The van der Waals surface area contributed by atoms with E-state index in [0.717, 1.165) is 54.6 Å². The van der Waals surface area contributed by atoms with Gasteiger partial charge in [-0.1, -0.05) is 0 Å². The summed E-state index contributed by atoms with van der Waals surface area (Å²) in [6.07, 6.45) is 1.61. The van der Waals surface area contributed by atoms with Crippen molar-refractivity contribution in [1.82, 2.24) is 10.4 Å². The van der Waals surface area contributed by atoms with Crippen molar-refractivity contribution in [2.24, 2.45) is 0 Å².